The van der Waals surface area contributed by atoms with Crippen LogP contribution in [0.3, 0.4) is 0 Å². The van der Waals surface area contributed by atoms with Gasteiger partial charge in [0.15, 0.2) is 0 Å². The van der Waals surface area contributed by atoms with E-state index in [1.807, 2.05) is 0 Å². The van der Waals surface area contributed by atoms with Gasteiger partial charge in [0.05, 0.1) is 22.5 Å². The van der Waals surface area contributed by atoms with Gasteiger partial charge in [-0.3, -0.25) is 10.1 Å². The molecule has 1 aromatic carbocycles. The Bertz CT molecular complexity index is 659. The van der Waals surface area contributed by atoms with Gasteiger partial charge in [0.25, 0.3) is 5.69 Å². The highest BCUT2D eigenvalue weighted by atomic mass is 16.6. The molecule has 2 N–H and O–H groups in total. The first-order chi connectivity index (χ1) is 10.2. The van der Waals surface area contributed by atoms with E-state index in [4.69, 9.17) is 5.73 Å². The molecule has 1 aliphatic carbocycles. The summed E-state index contributed by atoms with van der Waals surface area (Å²) in [5, 5.41) is 15.7. The van der Waals surface area contributed by atoms with Gasteiger partial charge in [0.1, 0.15) is 5.69 Å². The van der Waals surface area contributed by atoms with Crippen molar-refractivity contribution in [3.05, 3.63) is 46.3 Å². The molecule has 1 aromatic heterocycles. The quantitative estimate of drug-likeness (QED) is 0.692. The normalized spacial score (nSPS) is 16.0. The van der Waals surface area contributed by atoms with Crippen molar-refractivity contribution in [2.45, 2.75) is 38.0 Å². The molecule has 1 saturated carbocycles. The van der Waals surface area contributed by atoms with E-state index in [0.717, 1.165) is 18.5 Å². The second-order valence-electron chi connectivity index (χ2n) is 5.50. The lowest BCUT2D eigenvalue weighted by molar-refractivity contribution is -0.384. The molecular formula is C15H18N4O2. The third-order valence-electron chi connectivity index (χ3n) is 4.09. The molecular weight excluding hydrogens is 268 g/mol. The van der Waals surface area contributed by atoms with Crippen molar-refractivity contribution in [3.8, 4) is 5.69 Å². The first kappa shape index (κ1) is 13.6. The maximum atomic E-state index is 11.1. The first-order valence-corrected chi connectivity index (χ1v) is 7.25. The maximum Gasteiger partial charge on any atom is 0.294 e. The lowest BCUT2D eigenvalue weighted by Crippen LogP contribution is -2.08. The van der Waals surface area contributed by atoms with Gasteiger partial charge in [-0.15, -0.1) is 0 Å². The molecule has 0 unspecified atom stereocenters. The number of nitrogens with zero attached hydrogens (tertiary/aromatic N) is 3. The van der Waals surface area contributed by atoms with E-state index in [9.17, 15) is 10.1 Å². The Morgan fingerprint density at radius 1 is 1.24 bits per heavy atom. The summed E-state index contributed by atoms with van der Waals surface area (Å²) in [5.74, 6) is 0.378. The number of para-hydroxylation sites is 2. The van der Waals surface area contributed by atoms with E-state index < -0.39 is 4.92 Å². The third kappa shape index (κ3) is 2.61. The first-order valence-electron chi connectivity index (χ1n) is 7.25. The van der Waals surface area contributed by atoms with E-state index in [1.165, 1.54) is 30.0 Å². The molecule has 1 fully saturated rings. The summed E-state index contributed by atoms with van der Waals surface area (Å²) in [6.07, 6.45) is 7.54. The fraction of sp³-hybridized carbons (Fsp3) is 0.400. The van der Waals surface area contributed by atoms with E-state index in [1.54, 1.807) is 24.4 Å². The van der Waals surface area contributed by atoms with Gasteiger partial charge < -0.3 is 5.73 Å². The molecule has 6 heteroatoms. The highest BCUT2D eigenvalue weighted by Gasteiger charge is 2.23. The van der Waals surface area contributed by atoms with Crippen molar-refractivity contribution in [3.63, 3.8) is 0 Å². The number of nitrogen functional groups attached to an aromatic ring is 1. The van der Waals surface area contributed by atoms with E-state index >= 15 is 0 Å². The predicted molar refractivity (Wildman–Crippen MR) is 80.5 cm³/mol. The Morgan fingerprint density at radius 3 is 2.67 bits per heavy atom. The number of aromatic nitrogens is 2. The van der Waals surface area contributed by atoms with Gasteiger partial charge in [-0.05, 0) is 18.9 Å². The van der Waals surface area contributed by atoms with Crippen molar-refractivity contribution in [1.82, 2.24) is 9.78 Å². The average molecular weight is 286 g/mol. The lowest BCUT2D eigenvalue weighted by Gasteiger charge is -2.20. The average Bonchev–Trinajstić information content (AvgIpc) is 2.90. The number of anilines is 1. The molecule has 2 aromatic rings. The van der Waals surface area contributed by atoms with E-state index in [2.05, 4.69) is 5.10 Å². The van der Waals surface area contributed by atoms with Crippen LogP contribution in [0.2, 0.25) is 0 Å². The van der Waals surface area contributed by atoms with E-state index in [-0.39, 0.29) is 5.69 Å². The fourth-order valence-electron chi connectivity index (χ4n) is 3.03. The smallest absolute Gasteiger partial charge is 0.294 e. The van der Waals surface area contributed by atoms with Crippen molar-refractivity contribution in [2.75, 3.05) is 5.73 Å². The molecule has 21 heavy (non-hydrogen) atoms. The number of nitrogens with two attached hydrogens (primary N) is 1. The van der Waals surface area contributed by atoms with Crippen molar-refractivity contribution in [2.24, 2.45) is 0 Å². The van der Waals surface area contributed by atoms with Gasteiger partial charge in [-0.25, -0.2) is 4.68 Å². The van der Waals surface area contributed by atoms with Crippen LogP contribution >= 0.6 is 0 Å². The third-order valence-corrected chi connectivity index (χ3v) is 4.09. The van der Waals surface area contributed by atoms with Gasteiger partial charge in [-0.2, -0.15) is 5.10 Å². The zero-order chi connectivity index (χ0) is 14.8. The summed E-state index contributed by atoms with van der Waals surface area (Å²) >= 11 is 0. The van der Waals surface area contributed by atoms with Gasteiger partial charge >= 0.3 is 0 Å². The molecule has 0 saturated heterocycles. The van der Waals surface area contributed by atoms with Crippen LogP contribution in [0.1, 0.15) is 43.7 Å². The van der Waals surface area contributed by atoms with Gasteiger partial charge in [0.2, 0.25) is 0 Å². The minimum Gasteiger partial charge on any atom is -0.396 e. The monoisotopic (exact) mass is 286 g/mol. The lowest BCUT2D eigenvalue weighted by atomic mass is 9.86. The van der Waals surface area contributed by atoms with Crippen LogP contribution in [0.15, 0.2) is 30.5 Å². The topological polar surface area (TPSA) is 87.0 Å². The summed E-state index contributed by atoms with van der Waals surface area (Å²) in [6, 6.07) is 6.58. The Morgan fingerprint density at radius 2 is 1.95 bits per heavy atom. The Hall–Kier alpha value is -2.37. The number of nitro benzene ring substituents is 1. The summed E-state index contributed by atoms with van der Waals surface area (Å²) in [7, 11) is 0. The van der Waals surface area contributed by atoms with Crippen LogP contribution in [0.4, 0.5) is 11.4 Å². The van der Waals surface area contributed by atoms with Gasteiger partial charge in [0, 0.05) is 12.0 Å². The Labute approximate surface area is 122 Å². The van der Waals surface area contributed by atoms with E-state index in [0.29, 0.717) is 17.3 Å². The predicted octanol–water partition coefficient (Wildman–Crippen LogP) is 3.41. The minimum absolute atomic E-state index is 0.0372. The molecule has 0 bridgehead atoms. The fourth-order valence-corrected chi connectivity index (χ4v) is 3.03. The van der Waals surface area contributed by atoms with Crippen LogP contribution in [-0.4, -0.2) is 14.7 Å². The number of benzene rings is 1. The molecule has 0 spiro atoms. The van der Waals surface area contributed by atoms with Crippen LogP contribution in [-0.2, 0) is 0 Å². The highest BCUT2D eigenvalue weighted by Crippen LogP contribution is 2.35. The van der Waals surface area contributed by atoms with Gasteiger partial charge in [-0.1, -0.05) is 31.4 Å². The molecule has 0 atom stereocenters. The zero-order valence-electron chi connectivity index (χ0n) is 11.7. The number of hydrogen-bond donors (Lipinski definition) is 1. The number of rotatable bonds is 3. The molecule has 0 aliphatic heterocycles. The largest absolute Gasteiger partial charge is 0.396 e. The molecule has 1 heterocycles. The number of hydrogen-bond acceptors (Lipinski definition) is 4. The molecule has 0 radical (unpaired) electrons. The maximum absolute atomic E-state index is 11.1. The molecule has 3 rings (SSSR count). The number of nitro groups is 1. The van der Waals surface area contributed by atoms with Crippen LogP contribution in [0.5, 0.6) is 0 Å². The van der Waals surface area contributed by atoms with Crippen molar-refractivity contribution < 1.29 is 4.92 Å². The van der Waals surface area contributed by atoms with Crippen molar-refractivity contribution >= 4 is 11.4 Å². The Kier molecular flexibility index (Phi) is 3.60. The Balaban J connectivity index is 1.99. The summed E-state index contributed by atoms with van der Waals surface area (Å²) in [5.41, 5.74) is 8.08. The molecule has 110 valence electrons. The molecule has 0 amide bonds. The zero-order valence-corrected chi connectivity index (χ0v) is 11.7. The van der Waals surface area contributed by atoms with Crippen LogP contribution in [0, 0.1) is 10.1 Å². The van der Waals surface area contributed by atoms with Crippen molar-refractivity contribution in [1.29, 1.82) is 0 Å². The highest BCUT2D eigenvalue weighted by molar-refractivity contribution is 5.54. The minimum atomic E-state index is -0.395. The SMILES string of the molecule is Nc1cn(-c2ccccc2[N+](=O)[O-])nc1C1CCCCC1. The summed E-state index contributed by atoms with van der Waals surface area (Å²) in [6.45, 7) is 0. The molecule has 6 nitrogen and oxygen atoms in total. The second-order valence-corrected chi connectivity index (χ2v) is 5.50. The second kappa shape index (κ2) is 5.55. The summed E-state index contributed by atoms with van der Waals surface area (Å²) < 4.78 is 1.54. The molecule has 1 aliphatic rings. The standard InChI is InChI=1S/C15H18N4O2/c16-12-10-18(13-8-4-5-9-14(13)19(20)21)17-15(12)11-6-2-1-3-7-11/h4-5,8-11H,1-3,6-7,16H2. The van der Waals surface area contributed by atoms with Crippen LogP contribution in [0.25, 0.3) is 5.69 Å². The van der Waals surface area contributed by atoms with Crippen LogP contribution < -0.4 is 5.73 Å². The summed E-state index contributed by atoms with van der Waals surface area (Å²) in [4.78, 5) is 10.7.